The van der Waals surface area contributed by atoms with Crippen LogP contribution in [0.5, 0.6) is 0 Å². The van der Waals surface area contributed by atoms with E-state index in [1.165, 1.54) is 19.2 Å². The summed E-state index contributed by atoms with van der Waals surface area (Å²) in [4.78, 5) is 22.3. The Hall–Kier alpha value is -1.89. The van der Waals surface area contributed by atoms with Crippen molar-refractivity contribution in [1.29, 1.82) is 0 Å². The van der Waals surface area contributed by atoms with Crippen molar-refractivity contribution in [3.63, 3.8) is 0 Å². The molecule has 0 saturated heterocycles. The molecule has 6 nitrogen and oxygen atoms in total. The fourth-order valence-electron chi connectivity index (χ4n) is 1.30. The molecule has 0 atom stereocenters. The highest BCUT2D eigenvalue weighted by Gasteiger charge is 2.19. The lowest BCUT2D eigenvalue weighted by Gasteiger charge is -2.06. The maximum Gasteiger partial charge on any atom is 0.325 e. The molecule has 0 heterocycles. The largest absolute Gasteiger partial charge is 0.468 e. The molecule has 0 spiro atoms. The third kappa shape index (κ3) is 4.70. The molecule has 104 valence electrons. The molecule has 1 N–H and O–H groups in total. The van der Waals surface area contributed by atoms with Gasteiger partial charge in [-0.2, -0.15) is 0 Å². The number of carbonyl (C=O) groups excluding carboxylic acids is 2. The molecule has 0 aliphatic heterocycles. The van der Waals surface area contributed by atoms with Gasteiger partial charge in [-0.15, -0.1) is 0 Å². The van der Waals surface area contributed by atoms with Crippen LogP contribution in [0.1, 0.15) is 5.56 Å². The lowest BCUT2D eigenvalue weighted by Crippen LogP contribution is -2.34. The van der Waals surface area contributed by atoms with Crippen LogP contribution in [0.3, 0.4) is 0 Å². The molecule has 1 aromatic carbocycles. The Morgan fingerprint density at radius 3 is 2.32 bits per heavy atom. The number of esters is 1. The van der Waals surface area contributed by atoms with Crippen molar-refractivity contribution in [3.05, 3.63) is 29.8 Å². The van der Waals surface area contributed by atoms with Crippen LogP contribution >= 0.6 is 0 Å². The SMILES string of the molecule is COC(=O)CNC(=O)CS(=O)(=O)c1ccc(C)cc1. The van der Waals surface area contributed by atoms with Gasteiger partial charge in [0.25, 0.3) is 0 Å². The molecular weight excluding hydrogens is 270 g/mol. The minimum absolute atomic E-state index is 0.0753. The zero-order valence-corrected chi connectivity index (χ0v) is 11.5. The molecule has 0 bridgehead atoms. The summed E-state index contributed by atoms with van der Waals surface area (Å²) in [5.74, 6) is -2.08. The maximum atomic E-state index is 11.9. The molecule has 1 rings (SSSR count). The van der Waals surface area contributed by atoms with E-state index >= 15 is 0 Å². The van der Waals surface area contributed by atoms with E-state index < -0.39 is 27.5 Å². The highest BCUT2D eigenvalue weighted by atomic mass is 32.2. The monoisotopic (exact) mass is 285 g/mol. The summed E-state index contributed by atoms with van der Waals surface area (Å²) in [7, 11) is -2.52. The lowest BCUT2D eigenvalue weighted by atomic mass is 10.2. The topological polar surface area (TPSA) is 89.5 Å². The van der Waals surface area contributed by atoms with Crippen LogP contribution in [0, 0.1) is 6.92 Å². The number of sulfone groups is 1. The van der Waals surface area contributed by atoms with Gasteiger partial charge in [-0.25, -0.2) is 8.42 Å². The number of ether oxygens (including phenoxy) is 1. The molecule has 0 saturated carbocycles. The number of methoxy groups -OCH3 is 1. The van der Waals surface area contributed by atoms with Crippen molar-refractivity contribution in [3.8, 4) is 0 Å². The quantitative estimate of drug-likeness (QED) is 0.773. The summed E-state index contributed by atoms with van der Waals surface area (Å²) in [6.07, 6.45) is 0. The van der Waals surface area contributed by atoms with Gasteiger partial charge in [-0.1, -0.05) is 17.7 Å². The van der Waals surface area contributed by atoms with Gasteiger partial charge < -0.3 is 10.1 Å². The molecule has 19 heavy (non-hydrogen) atoms. The normalized spacial score (nSPS) is 10.8. The average molecular weight is 285 g/mol. The number of nitrogens with one attached hydrogen (secondary N) is 1. The molecule has 0 aliphatic carbocycles. The van der Waals surface area contributed by atoms with Crippen molar-refractivity contribution < 1.29 is 22.7 Å². The second kappa shape index (κ2) is 6.33. The first kappa shape index (κ1) is 15.2. The minimum Gasteiger partial charge on any atom is -0.468 e. The number of aryl methyl sites for hydroxylation is 1. The smallest absolute Gasteiger partial charge is 0.325 e. The summed E-state index contributed by atoms with van der Waals surface area (Å²) < 4.78 is 28.1. The van der Waals surface area contributed by atoms with Crippen LogP contribution in [-0.2, 0) is 24.2 Å². The first-order chi connectivity index (χ1) is 8.85. The maximum absolute atomic E-state index is 11.9. The molecule has 0 unspecified atom stereocenters. The van der Waals surface area contributed by atoms with Gasteiger partial charge in [0.05, 0.1) is 12.0 Å². The van der Waals surface area contributed by atoms with Gasteiger partial charge in [0, 0.05) is 0 Å². The van der Waals surface area contributed by atoms with Crippen LogP contribution in [0.4, 0.5) is 0 Å². The van der Waals surface area contributed by atoms with E-state index in [1.807, 2.05) is 6.92 Å². The van der Waals surface area contributed by atoms with Crippen molar-refractivity contribution in [2.75, 3.05) is 19.4 Å². The molecule has 7 heteroatoms. The predicted octanol–water partition coefficient (Wildman–Crippen LogP) is 0.0579. The van der Waals surface area contributed by atoms with Crippen molar-refractivity contribution in [2.24, 2.45) is 0 Å². The van der Waals surface area contributed by atoms with Gasteiger partial charge in [0.1, 0.15) is 12.3 Å². The highest BCUT2D eigenvalue weighted by molar-refractivity contribution is 7.92. The van der Waals surface area contributed by atoms with Crippen LogP contribution in [0.2, 0.25) is 0 Å². The molecular formula is C12H15NO5S. The van der Waals surface area contributed by atoms with E-state index in [2.05, 4.69) is 10.1 Å². The second-order valence-electron chi connectivity index (χ2n) is 3.93. The van der Waals surface area contributed by atoms with E-state index in [4.69, 9.17) is 0 Å². The number of hydrogen-bond donors (Lipinski definition) is 1. The number of rotatable bonds is 5. The molecule has 1 aromatic rings. The molecule has 1 amide bonds. The van der Waals surface area contributed by atoms with Crippen LogP contribution in [-0.4, -0.2) is 39.7 Å². The third-order valence-electron chi connectivity index (χ3n) is 2.36. The molecule has 0 aliphatic rings. The zero-order chi connectivity index (χ0) is 14.5. The standard InChI is InChI=1S/C12H15NO5S/c1-9-3-5-10(6-4-9)19(16,17)8-11(14)13-7-12(15)18-2/h3-6H,7-8H2,1-2H3,(H,13,14). The summed E-state index contributed by atoms with van der Waals surface area (Å²) in [6.45, 7) is 1.48. The number of carbonyl (C=O) groups is 2. The van der Waals surface area contributed by atoms with Crippen LogP contribution in [0.25, 0.3) is 0 Å². The van der Waals surface area contributed by atoms with E-state index in [1.54, 1.807) is 12.1 Å². The highest BCUT2D eigenvalue weighted by Crippen LogP contribution is 2.11. The number of amides is 1. The van der Waals surface area contributed by atoms with Gasteiger partial charge in [0.2, 0.25) is 5.91 Å². The van der Waals surface area contributed by atoms with Gasteiger partial charge >= 0.3 is 5.97 Å². The van der Waals surface area contributed by atoms with Gasteiger partial charge in [0.15, 0.2) is 9.84 Å². The Morgan fingerprint density at radius 1 is 1.21 bits per heavy atom. The van der Waals surface area contributed by atoms with Crippen molar-refractivity contribution in [1.82, 2.24) is 5.32 Å². The Labute approximate surface area is 111 Å². The Morgan fingerprint density at radius 2 is 1.79 bits per heavy atom. The van der Waals surface area contributed by atoms with Crippen molar-refractivity contribution in [2.45, 2.75) is 11.8 Å². The first-order valence-corrected chi connectivity index (χ1v) is 7.13. The summed E-state index contributed by atoms with van der Waals surface area (Å²) in [5, 5.41) is 2.18. The fraction of sp³-hybridized carbons (Fsp3) is 0.333. The summed E-state index contributed by atoms with van der Waals surface area (Å²) in [6, 6.07) is 6.19. The summed E-state index contributed by atoms with van der Waals surface area (Å²) in [5.41, 5.74) is 0.925. The molecule has 0 aromatic heterocycles. The lowest BCUT2D eigenvalue weighted by molar-refractivity contribution is -0.140. The molecule has 0 radical (unpaired) electrons. The second-order valence-corrected chi connectivity index (χ2v) is 5.91. The van der Waals surface area contributed by atoms with Gasteiger partial charge in [-0.05, 0) is 19.1 Å². The first-order valence-electron chi connectivity index (χ1n) is 5.48. The zero-order valence-electron chi connectivity index (χ0n) is 10.7. The van der Waals surface area contributed by atoms with Crippen molar-refractivity contribution >= 4 is 21.7 Å². The predicted molar refractivity (Wildman–Crippen MR) is 68.3 cm³/mol. The van der Waals surface area contributed by atoms with E-state index in [0.29, 0.717) is 0 Å². The van der Waals surface area contributed by atoms with Crippen LogP contribution in [0.15, 0.2) is 29.2 Å². The van der Waals surface area contributed by atoms with Gasteiger partial charge in [-0.3, -0.25) is 9.59 Å². The van der Waals surface area contributed by atoms with E-state index in [0.717, 1.165) is 5.56 Å². The fourth-order valence-corrected chi connectivity index (χ4v) is 2.46. The third-order valence-corrected chi connectivity index (χ3v) is 3.99. The Kier molecular flexibility index (Phi) is 5.05. The molecule has 0 fully saturated rings. The number of benzene rings is 1. The summed E-state index contributed by atoms with van der Waals surface area (Å²) >= 11 is 0. The Bertz CT molecular complexity index is 562. The van der Waals surface area contributed by atoms with E-state index in [-0.39, 0.29) is 11.4 Å². The van der Waals surface area contributed by atoms with Crippen LogP contribution < -0.4 is 5.32 Å². The minimum atomic E-state index is -3.70. The number of hydrogen-bond acceptors (Lipinski definition) is 5. The van der Waals surface area contributed by atoms with E-state index in [9.17, 15) is 18.0 Å². The Balaban J connectivity index is 2.67. The average Bonchev–Trinajstić information content (AvgIpc) is 2.36.